The molecule has 136 valence electrons. The van der Waals surface area contributed by atoms with Crippen molar-refractivity contribution in [2.45, 2.75) is 34.6 Å². The summed E-state index contributed by atoms with van der Waals surface area (Å²) in [5, 5.41) is 1.07. The Hall–Kier alpha value is -1.10. The Bertz CT molecular complexity index is 787. The van der Waals surface area contributed by atoms with Crippen molar-refractivity contribution in [3.63, 3.8) is 0 Å². The van der Waals surface area contributed by atoms with Gasteiger partial charge in [-0.2, -0.15) is 0 Å². The van der Waals surface area contributed by atoms with Crippen molar-refractivity contribution in [2.75, 3.05) is 20.3 Å². The van der Waals surface area contributed by atoms with E-state index in [-0.39, 0.29) is 33.0 Å². The molecule has 0 spiro atoms. The Morgan fingerprint density at radius 1 is 0.923 bits per heavy atom. The van der Waals surface area contributed by atoms with Crippen LogP contribution in [0.2, 0.25) is 0 Å². The molecule has 0 aliphatic carbocycles. The summed E-state index contributed by atoms with van der Waals surface area (Å²) in [7, 11) is 1.77. The minimum atomic E-state index is 0. The fourth-order valence-corrected chi connectivity index (χ4v) is 4.12. The Balaban J connectivity index is 0.00000338. The summed E-state index contributed by atoms with van der Waals surface area (Å²) in [5.41, 5.74) is 6.78. The zero-order chi connectivity index (χ0) is 18.6. The van der Waals surface area contributed by atoms with Crippen molar-refractivity contribution in [3.8, 4) is 5.75 Å². The van der Waals surface area contributed by atoms with E-state index in [1.807, 2.05) is 39.0 Å². The molecule has 1 atom stereocenters. The van der Waals surface area contributed by atoms with Crippen molar-refractivity contribution >= 4 is 38.3 Å². The van der Waals surface area contributed by atoms with Gasteiger partial charge in [0.1, 0.15) is 12.4 Å². The van der Waals surface area contributed by atoms with E-state index in [1.54, 1.807) is 7.11 Å². The van der Waals surface area contributed by atoms with Gasteiger partial charge in [-0.05, 0) is 88.5 Å². The first-order valence-corrected chi connectivity index (χ1v) is 9.46. The summed E-state index contributed by atoms with van der Waals surface area (Å²) < 4.78 is 10.6. The monoisotopic (exact) mass is 366 g/mol. The molecule has 1 unspecified atom stereocenters. The summed E-state index contributed by atoms with van der Waals surface area (Å²) in [6, 6.07) is 8.03. The fourth-order valence-electron chi connectivity index (χ4n) is 2.93. The summed E-state index contributed by atoms with van der Waals surface area (Å²) in [5.74, 6) is 0.814. The average Bonchev–Trinajstić information content (AvgIpc) is 2.55. The van der Waals surface area contributed by atoms with E-state index < -0.39 is 0 Å². The second kappa shape index (κ2) is 10.3. The molecule has 0 aromatic heterocycles. The number of hydrogen-bond acceptors (Lipinski definition) is 3. The number of ether oxygens (including phenoxy) is 2. The maximum atomic E-state index is 12.9. The van der Waals surface area contributed by atoms with Gasteiger partial charge in [0, 0.05) is 12.7 Å². The number of rotatable bonds is 7. The van der Waals surface area contributed by atoms with Gasteiger partial charge in [-0.3, -0.25) is 4.79 Å². The average molecular weight is 366 g/mol. The van der Waals surface area contributed by atoms with Crippen LogP contribution in [0.4, 0.5) is 0 Å². The SMILES string of the molecule is COCCOc1ccc(PC(=O)c2c(C)cc(C)c(C)c2C)c(C)c1.[LiH]. The van der Waals surface area contributed by atoms with Crippen LogP contribution in [0.15, 0.2) is 24.3 Å². The number of carbonyl (C=O) groups is 1. The predicted molar refractivity (Wildman–Crippen MR) is 113 cm³/mol. The molecule has 0 heterocycles. The molecule has 26 heavy (non-hydrogen) atoms. The van der Waals surface area contributed by atoms with Crippen LogP contribution in [0.1, 0.15) is 38.2 Å². The first kappa shape index (κ1) is 22.9. The first-order valence-electron chi connectivity index (χ1n) is 8.46. The molecule has 3 nitrogen and oxygen atoms in total. The third-order valence-electron chi connectivity index (χ3n) is 4.59. The molecular formula is C21H28LiO3P. The molecule has 0 bridgehead atoms. The molecule has 0 amide bonds. The Labute approximate surface area is 170 Å². The fraction of sp³-hybridized carbons (Fsp3) is 0.381. The summed E-state index contributed by atoms with van der Waals surface area (Å²) in [6.07, 6.45) is 0. The summed E-state index contributed by atoms with van der Waals surface area (Å²) in [4.78, 5) is 12.9. The number of methoxy groups -OCH3 is 1. The van der Waals surface area contributed by atoms with Crippen molar-refractivity contribution in [3.05, 3.63) is 57.6 Å². The third-order valence-corrected chi connectivity index (χ3v) is 5.89. The molecule has 0 saturated heterocycles. The van der Waals surface area contributed by atoms with Crippen LogP contribution < -0.4 is 10.0 Å². The zero-order valence-corrected chi connectivity index (χ0v) is 16.9. The van der Waals surface area contributed by atoms with E-state index >= 15 is 0 Å². The van der Waals surface area contributed by atoms with Gasteiger partial charge < -0.3 is 9.47 Å². The first-order chi connectivity index (χ1) is 11.8. The number of aryl methyl sites for hydroxylation is 3. The van der Waals surface area contributed by atoms with Crippen molar-refractivity contribution < 1.29 is 14.3 Å². The molecule has 5 heteroatoms. The summed E-state index contributed by atoms with van der Waals surface area (Å²) >= 11 is 0. The second-order valence-corrected chi connectivity index (χ2v) is 7.65. The predicted octanol–water partition coefficient (Wildman–Crippen LogP) is 3.75. The van der Waals surface area contributed by atoms with Crippen molar-refractivity contribution in [1.82, 2.24) is 0 Å². The van der Waals surface area contributed by atoms with Crippen LogP contribution in [0.25, 0.3) is 0 Å². The van der Waals surface area contributed by atoms with Crippen LogP contribution in [-0.4, -0.2) is 44.7 Å². The number of carbonyl (C=O) groups excluding carboxylic acids is 1. The van der Waals surface area contributed by atoms with E-state index in [1.165, 1.54) is 11.1 Å². The van der Waals surface area contributed by atoms with Gasteiger partial charge in [-0.15, -0.1) is 0 Å². The van der Waals surface area contributed by atoms with Gasteiger partial charge in [0.15, 0.2) is 5.52 Å². The van der Waals surface area contributed by atoms with Crippen LogP contribution in [0.3, 0.4) is 0 Å². The van der Waals surface area contributed by atoms with Gasteiger partial charge in [-0.25, -0.2) is 0 Å². The van der Waals surface area contributed by atoms with E-state index in [4.69, 9.17) is 9.47 Å². The van der Waals surface area contributed by atoms with Crippen LogP contribution >= 0.6 is 8.58 Å². The van der Waals surface area contributed by atoms with Crippen molar-refractivity contribution in [1.29, 1.82) is 0 Å². The molecule has 2 aromatic rings. The van der Waals surface area contributed by atoms with Gasteiger partial charge in [0.25, 0.3) is 0 Å². The number of hydrogen-bond donors (Lipinski definition) is 0. The van der Waals surface area contributed by atoms with Crippen LogP contribution in [0.5, 0.6) is 5.75 Å². The minimum absolute atomic E-state index is 0. The Morgan fingerprint density at radius 3 is 2.23 bits per heavy atom. The normalized spacial score (nSPS) is 10.8. The van der Waals surface area contributed by atoms with Gasteiger partial charge >= 0.3 is 18.9 Å². The molecular weight excluding hydrogens is 338 g/mol. The molecule has 0 aliphatic heterocycles. The van der Waals surface area contributed by atoms with Crippen molar-refractivity contribution in [2.24, 2.45) is 0 Å². The Morgan fingerprint density at radius 2 is 1.62 bits per heavy atom. The summed E-state index contributed by atoms with van der Waals surface area (Å²) in [6.45, 7) is 11.4. The standard InChI is InChI=1S/C21H27O3P.Li.H/c1-13-11-15(3)20(17(5)16(13)4)21(22)25-19-8-7-18(12-14(19)2)24-10-9-23-6;;/h7-8,11-12,25H,9-10H2,1-6H3;;. The molecule has 0 radical (unpaired) electrons. The number of benzene rings is 2. The molecule has 2 rings (SSSR count). The second-order valence-electron chi connectivity index (χ2n) is 6.41. The van der Waals surface area contributed by atoms with Gasteiger partial charge in [0.2, 0.25) is 0 Å². The molecule has 0 N–H and O–H groups in total. The molecule has 2 aromatic carbocycles. The Kier molecular flexibility index (Phi) is 9.08. The van der Waals surface area contributed by atoms with E-state index in [9.17, 15) is 4.79 Å². The van der Waals surface area contributed by atoms with E-state index in [0.717, 1.165) is 33.3 Å². The van der Waals surface area contributed by atoms with Crippen LogP contribution in [-0.2, 0) is 4.74 Å². The van der Waals surface area contributed by atoms with Crippen LogP contribution in [0, 0.1) is 34.6 Å². The zero-order valence-electron chi connectivity index (χ0n) is 15.9. The molecule has 0 saturated carbocycles. The molecule has 0 fully saturated rings. The molecule has 0 aliphatic rings. The topological polar surface area (TPSA) is 35.5 Å². The van der Waals surface area contributed by atoms with E-state index in [2.05, 4.69) is 19.9 Å². The van der Waals surface area contributed by atoms with E-state index in [0.29, 0.717) is 13.2 Å². The quantitative estimate of drug-likeness (QED) is 0.425. The third kappa shape index (κ3) is 5.45. The van der Waals surface area contributed by atoms with Gasteiger partial charge in [-0.1, -0.05) is 12.1 Å². The van der Waals surface area contributed by atoms with Gasteiger partial charge in [0.05, 0.1) is 6.61 Å². The maximum absolute atomic E-state index is 12.9.